The van der Waals surface area contributed by atoms with Crippen molar-refractivity contribution >= 4 is 11.3 Å². The van der Waals surface area contributed by atoms with Crippen LogP contribution in [0.1, 0.15) is 19.8 Å². The van der Waals surface area contributed by atoms with Crippen LogP contribution in [0.2, 0.25) is 0 Å². The Labute approximate surface area is 123 Å². The number of nitrogens with zero attached hydrogens (tertiary/aromatic N) is 2. The number of imidazole rings is 1. The van der Waals surface area contributed by atoms with Crippen molar-refractivity contribution in [2.24, 2.45) is 0 Å². The van der Waals surface area contributed by atoms with Crippen molar-refractivity contribution in [2.45, 2.75) is 38.5 Å². The van der Waals surface area contributed by atoms with Crippen LogP contribution in [0.5, 0.6) is 0 Å². The minimum Gasteiger partial charge on any atom is -0.377 e. The number of ether oxygens (including phenoxy) is 1. The van der Waals surface area contributed by atoms with E-state index in [1.165, 1.54) is 17.7 Å². The Kier molecular flexibility index (Phi) is 4.50. The molecule has 1 fully saturated rings. The van der Waals surface area contributed by atoms with Crippen molar-refractivity contribution < 1.29 is 4.74 Å². The molecular formula is C15H21N3OS. The van der Waals surface area contributed by atoms with Crippen molar-refractivity contribution in [3.05, 3.63) is 29.9 Å². The first kappa shape index (κ1) is 13.8. The van der Waals surface area contributed by atoms with Crippen LogP contribution in [0.25, 0.3) is 10.7 Å². The van der Waals surface area contributed by atoms with Gasteiger partial charge in [0.1, 0.15) is 5.82 Å². The Bertz CT molecular complexity index is 517. The van der Waals surface area contributed by atoms with Crippen LogP contribution in [0.3, 0.4) is 0 Å². The van der Waals surface area contributed by atoms with E-state index in [-0.39, 0.29) is 0 Å². The quantitative estimate of drug-likeness (QED) is 0.889. The molecule has 5 heteroatoms. The average molecular weight is 291 g/mol. The van der Waals surface area contributed by atoms with E-state index in [2.05, 4.69) is 39.3 Å². The molecule has 3 heterocycles. The molecule has 0 saturated carbocycles. The van der Waals surface area contributed by atoms with Crippen LogP contribution in [-0.4, -0.2) is 34.8 Å². The summed E-state index contributed by atoms with van der Waals surface area (Å²) in [4.78, 5) is 5.68. The summed E-state index contributed by atoms with van der Waals surface area (Å²) in [6, 6.07) is 4.61. The van der Waals surface area contributed by atoms with Gasteiger partial charge in [-0.3, -0.25) is 0 Å². The van der Waals surface area contributed by atoms with E-state index in [4.69, 9.17) is 4.74 Å². The van der Waals surface area contributed by atoms with Crippen molar-refractivity contribution in [1.82, 2.24) is 14.9 Å². The molecular weight excluding hydrogens is 270 g/mol. The summed E-state index contributed by atoms with van der Waals surface area (Å²) in [6.45, 7) is 5.00. The molecule has 3 rings (SSSR count). The van der Waals surface area contributed by atoms with Crippen molar-refractivity contribution in [1.29, 1.82) is 0 Å². The highest BCUT2D eigenvalue weighted by Gasteiger charge is 2.21. The fraction of sp³-hybridized carbons (Fsp3) is 0.533. The van der Waals surface area contributed by atoms with Gasteiger partial charge in [-0.2, -0.15) is 0 Å². The van der Waals surface area contributed by atoms with Crippen LogP contribution in [0.4, 0.5) is 0 Å². The van der Waals surface area contributed by atoms with Crippen LogP contribution in [0.15, 0.2) is 29.9 Å². The summed E-state index contributed by atoms with van der Waals surface area (Å²) in [5.74, 6) is 1.06. The van der Waals surface area contributed by atoms with E-state index in [9.17, 15) is 0 Å². The van der Waals surface area contributed by atoms with Crippen LogP contribution >= 0.6 is 11.3 Å². The largest absolute Gasteiger partial charge is 0.377 e. The standard InChI is InChI=1S/C15H21N3OS/c1-12(13-4-2-10-19-13)16-6-8-18-9-7-17-15(18)14-5-3-11-20-14/h3,5,7,9,11-13,16H,2,4,6,8,10H2,1H3. The third-order valence-electron chi connectivity index (χ3n) is 3.80. The third-order valence-corrected chi connectivity index (χ3v) is 4.66. The summed E-state index contributed by atoms with van der Waals surface area (Å²) in [5.41, 5.74) is 0. The minimum atomic E-state index is 0.384. The zero-order valence-electron chi connectivity index (χ0n) is 11.8. The number of thiophene rings is 1. The summed E-state index contributed by atoms with van der Waals surface area (Å²) in [5, 5.41) is 5.65. The van der Waals surface area contributed by atoms with Gasteiger partial charge in [0.25, 0.3) is 0 Å². The SMILES string of the molecule is CC(NCCn1ccnc1-c1cccs1)C1CCCO1. The normalized spacial score (nSPS) is 20.4. The molecule has 2 atom stereocenters. The van der Waals surface area contributed by atoms with E-state index in [0.29, 0.717) is 12.1 Å². The maximum Gasteiger partial charge on any atom is 0.150 e. The summed E-state index contributed by atoms with van der Waals surface area (Å²) >= 11 is 1.73. The van der Waals surface area contributed by atoms with Crippen LogP contribution < -0.4 is 5.32 Å². The first-order valence-corrected chi connectivity index (χ1v) is 8.12. The van der Waals surface area contributed by atoms with E-state index < -0.39 is 0 Å². The van der Waals surface area contributed by atoms with Crippen molar-refractivity contribution in [3.8, 4) is 10.7 Å². The predicted molar refractivity (Wildman–Crippen MR) is 82.0 cm³/mol. The van der Waals surface area contributed by atoms with E-state index in [1.54, 1.807) is 11.3 Å². The number of hydrogen-bond donors (Lipinski definition) is 1. The highest BCUT2D eigenvalue weighted by atomic mass is 32.1. The highest BCUT2D eigenvalue weighted by molar-refractivity contribution is 7.13. The van der Waals surface area contributed by atoms with Gasteiger partial charge in [-0.1, -0.05) is 6.07 Å². The van der Waals surface area contributed by atoms with Gasteiger partial charge in [-0.05, 0) is 31.2 Å². The summed E-state index contributed by atoms with van der Waals surface area (Å²) in [6.07, 6.45) is 6.68. The van der Waals surface area contributed by atoms with Gasteiger partial charge >= 0.3 is 0 Å². The Morgan fingerprint density at radius 2 is 2.55 bits per heavy atom. The molecule has 2 aromatic rings. The molecule has 1 aliphatic heterocycles. The zero-order chi connectivity index (χ0) is 13.8. The van der Waals surface area contributed by atoms with E-state index in [0.717, 1.165) is 25.5 Å². The fourth-order valence-corrected chi connectivity index (χ4v) is 3.40. The molecule has 4 nitrogen and oxygen atoms in total. The zero-order valence-corrected chi connectivity index (χ0v) is 12.6. The predicted octanol–water partition coefficient (Wildman–Crippen LogP) is 2.77. The Balaban J connectivity index is 1.53. The van der Waals surface area contributed by atoms with E-state index in [1.807, 2.05) is 12.4 Å². The lowest BCUT2D eigenvalue weighted by atomic mass is 10.1. The molecule has 0 radical (unpaired) electrons. The maximum absolute atomic E-state index is 5.71. The van der Waals surface area contributed by atoms with Gasteiger partial charge in [0.2, 0.25) is 0 Å². The molecule has 20 heavy (non-hydrogen) atoms. The van der Waals surface area contributed by atoms with E-state index >= 15 is 0 Å². The Morgan fingerprint density at radius 1 is 1.60 bits per heavy atom. The second-order valence-electron chi connectivity index (χ2n) is 5.22. The lowest BCUT2D eigenvalue weighted by Gasteiger charge is -2.20. The van der Waals surface area contributed by atoms with Crippen LogP contribution in [0, 0.1) is 0 Å². The monoisotopic (exact) mass is 291 g/mol. The lowest BCUT2D eigenvalue weighted by molar-refractivity contribution is 0.0835. The highest BCUT2D eigenvalue weighted by Crippen LogP contribution is 2.22. The lowest BCUT2D eigenvalue weighted by Crippen LogP contribution is -2.38. The molecule has 0 spiro atoms. The average Bonchev–Trinajstić information content (AvgIpc) is 3.20. The minimum absolute atomic E-state index is 0.384. The second-order valence-corrected chi connectivity index (χ2v) is 6.16. The molecule has 0 aliphatic carbocycles. The first-order valence-electron chi connectivity index (χ1n) is 7.24. The summed E-state index contributed by atoms with van der Waals surface area (Å²) < 4.78 is 7.91. The van der Waals surface area contributed by atoms with Gasteiger partial charge < -0.3 is 14.6 Å². The van der Waals surface area contributed by atoms with Gasteiger partial charge in [0, 0.05) is 38.1 Å². The molecule has 0 amide bonds. The Morgan fingerprint density at radius 3 is 3.30 bits per heavy atom. The summed E-state index contributed by atoms with van der Waals surface area (Å²) in [7, 11) is 0. The molecule has 0 bridgehead atoms. The van der Waals surface area contributed by atoms with Gasteiger partial charge in [0.15, 0.2) is 0 Å². The molecule has 2 aromatic heterocycles. The first-order chi connectivity index (χ1) is 9.84. The fourth-order valence-electron chi connectivity index (χ4n) is 2.66. The topological polar surface area (TPSA) is 39.1 Å². The van der Waals surface area contributed by atoms with Gasteiger partial charge in [-0.15, -0.1) is 11.3 Å². The molecule has 1 saturated heterocycles. The maximum atomic E-state index is 5.71. The molecule has 1 aliphatic rings. The number of nitrogens with one attached hydrogen (secondary N) is 1. The third kappa shape index (κ3) is 3.11. The van der Waals surface area contributed by atoms with Gasteiger partial charge in [-0.25, -0.2) is 4.98 Å². The number of rotatable bonds is 6. The van der Waals surface area contributed by atoms with Crippen molar-refractivity contribution in [3.63, 3.8) is 0 Å². The number of hydrogen-bond acceptors (Lipinski definition) is 4. The molecule has 0 aromatic carbocycles. The number of aromatic nitrogens is 2. The molecule has 108 valence electrons. The van der Waals surface area contributed by atoms with Gasteiger partial charge in [0.05, 0.1) is 11.0 Å². The Hall–Kier alpha value is -1.17. The molecule has 2 unspecified atom stereocenters. The molecule has 1 N–H and O–H groups in total. The van der Waals surface area contributed by atoms with Crippen molar-refractivity contribution in [2.75, 3.05) is 13.2 Å². The second kappa shape index (κ2) is 6.52. The van der Waals surface area contributed by atoms with Crippen LogP contribution in [-0.2, 0) is 11.3 Å². The smallest absolute Gasteiger partial charge is 0.150 e.